The van der Waals surface area contributed by atoms with Crippen LogP contribution in [0.3, 0.4) is 0 Å². The summed E-state index contributed by atoms with van der Waals surface area (Å²) in [6.07, 6.45) is 1.37. The van der Waals surface area contributed by atoms with E-state index in [0.717, 1.165) is 6.07 Å². The molecule has 0 amide bonds. The molecule has 20 heavy (non-hydrogen) atoms. The largest absolute Gasteiger partial charge is 0.381 e. The maximum Gasteiger partial charge on any atom is 0.131 e. The molecule has 2 rings (SSSR count). The Labute approximate surface area is 118 Å². The van der Waals surface area contributed by atoms with Gasteiger partial charge in [-0.1, -0.05) is 6.07 Å². The van der Waals surface area contributed by atoms with Gasteiger partial charge in [-0.05, 0) is 20.0 Å². The van der Waals surface area contributed by atoms with E-state index >= 15 is 0 Å². The highest BCUT2D eigenvalue weighted by molar-refractivity contribution is 5.25. The molecule has 1 atom stereocenters. The van der Waals surface area contributed by atoms with Crippen molar-refractivity contribution < 1.29 is 18.3 Å². The van der Waals surface area contributed by atoms with Crippen LogP contribution >= 0.6 is 0 Å². The summed E-state index contributed by atoms with van der Waals surface area (Å²) >= 11 is 0. The summed E-state index contributed by atoms with van der Waals surface area (Å²) in [5.74, 6) is -1.12. The van der Waals surface area contributed by atoms with Crippen molar-refractivity contribution in [3.05, 3.63) is 35.4 Å². The Bertz CT molecular complexity index is 442. The Morgan fingerprint density at radius 3 is 2.60 bits per heavy atom. The zero-order valence-electron chi connectivity index (χ0n) is 11.9. The van der Waals surface area contributed by atoms with E-state index in [4.69, 9.17) is 9.47 Å². The molecule has 1 aromatic rings. The van der Waals surface area contributed by atoms with Gasteiger partial charge in [-0.2, -0.15) is 0 Å². The Kier molecular flexibility index (Phi) is 5.07. The highest BCUT2D eigenvalue weighted by atomic mass is 19.1. The molecule has 1 N–H and O–H groups in total. The maximum atomic E-state index is 14.1. The number of benzene rings is 1. The van der Waals surface area contributed by atoms with E-state index in [1.807, 2.05) is 6.92 Å². The zero-order chi connectivity index (χ0) is 14.6. The van der Waals surface area contributed by atoms with Crippen LogP contribution in [-0.4, -0.2) is 32.5 Å². The minimum atomic E-state index is -0.571. The molecule has 0 aliphatic carbocycles. The van der Waals surface area contributed by atoms with Crippen molar-refractivity contribution in [3.63, 3.8) is 0 Å². The van der Waals surface area contributed by atoms with Crippen molar-refractivity contribution in [1.82, 2.24) is 5.32 Å². The van der Waals surface area contributed by atoms with Crippen molar-refractivity contribution >= 4 is 0 Å². The second-order valence-electron chi connectivity index (χ2n) is 5.00. The van der Waals surface area contributed by atoms with Crippen molar-refractivity contribution in [2.24, 2.45) is 0 Å². The second kappa shape index (κ2) is 6.61. The SMILES string of the molecule is CCOC1(C(NC)c2ccc(F)cc2F)CCOCC1. The molecule has 0 bridgehead atoms. The average molecular weight is 285 g/mol. The number of nitrogens with one attached hydrogen (secondary N) is 1. The molecule has 112 valence electrons. The summed E-state index contributed by atoms with van der Waals surface area (Å²) in [6, 6.07) is 3.36. The lowest BCUT2D eigenvalue weighted by molar-refractivity contribution is -0.127. The summed E-state index contributed by atoms with van der Waals surface area (Å²) in [6.45, 7) is 3.63. The first-order valence-electron chi connectivity index (χ1n) is 6.97. The lowest BCUT2D eigenvalue weighted by Crippen LogP contribution is -2.49. The lowest BCUT2D eigenvalue weighted by Gasteiger charge is -2.43. The second-order valence-corrected chi connectivity index (χ2v) is 5.00. The fourth-order valence-corrected chi connectivity index (χ4v) is 2.96. The van der Waals surface area contributed by atoms with E-state index in [1.54, 1.807) is 7.05 Å². The fourth-order valence-electron chi connectivity index (χ4n) is 2.96. The molecule has 1 aromatic carbocycles. The summed E-state index contributed by atoms with van der Waals surface area (Å²) in [7, 11) is 1.77. The van der Waals surface area contributed by atoms with Gasteiger partial charge in [0, 0.05) is 44.3 Å². The molecule has 0 saturated carbocycles. The molecule has 1 aliphatic rings. The molecule has 0 radical (unpaired) electrons. The first kappa shape index (κ1) is 15.4. The number of halogens is 2. The van der Waals surface area contributed by atoms with Crippen LogP contribution in [0.5, 0.6) is 0 Å². The molecule has 0 spiro atoms. The van der Waals surface area contributed by atoms with E-state index in [2.05, 4.69) is 5.32 Å². The average Bonchev–Trinajstić information content (AvgIpc) is 2.43. The minimum absolute atomic E-state index is 0.327. The number of hydrogen-bond donors (Lipinski definition) is 1. The third kappa shape index (κ3) is 3.00. The van der Waals surface area contributed by atoms with Gasteiger partial charge in [-0.3, -0.25) is 0 Å². The van der Waals surface area contributed by atoms with E-state index in [0.29, 0.717) is 38.2 Å². The predicted octanol–water partition coefficient (Wildman–Crippen LogP) is 2.81. The number of hydrogen-bond acceptors (Lipinski definition) is 3. The van der Waals surface area contributed by atoms with E-state index in [-0.39, 0.29) is 6.04 Å². The smallest absolute Gasteiger partial charge is 0.131 e. The van der Waals surface area contributed by atoms with Crippen LogP contribution < -0.4 is 5.32 Å². The van der Waals surface area contributed by atoms with Gasteiger partial charge in [0.05, 0.1) is 11.6 Å². The van der Waals surface area contributed by atoms with Gasteiger partial charge in [0.25, 0.3) is 0 Å². The summed E-state index contributed by atoms with van der Waals surface area (Å²) in [5.41, 5.74) is -0.0790. The Balaban J connectivity index is 2.37. The molecule has 5 heteroatoms. The van der Waals surface area contributed by atoms with Crippen molar-refractivity contribution in [3.8, 4) is 0 Å². The molecule has 1 unspecified atom stereocenters. The number of likely N-dealkylation sites (N-methyl/N-ethyl adjacent to an activating group) is 1. The lowest BCUT2D eigenvalue weighted by atomic mass is 9.82. The molecule has 3 nitrogen and oxygen atoms in total. The molecular weight excluding hydrogens is 264 g/mol. The van der Waals surface area contributed by atoms with Crippen LogP contribution in [-0.2, 0) is 9.47 Å². The van der Waals surface area contributed by atoms with Gasteiger partial charge in [0.1, 0.15) is 11.6 Å². The van der Waals surface area contributed by atoms with Crippen molar-refractivity contribution in [1.29, 1.82) is 0 Å². The quantitative estimate of drug-likeness (QED) is 0.902. The Hall–Kier alpha value is -1.04. The normalized spacial score (nSPS) is 19.8. The standard InChI is InChI=1S/C15H21F2NO2/c1-3-20-15(6-8-19-9-7-15)14(18-2)12-5-4-11(16)10-13(12)17/h4-5,10,14,18H,3,6-9H2,1-2H3. The first-order valence-corrected chi connectivity index (χ1v) is 6.97. The van der Waals surface area contributed by atoms with Crippen LogP contribution in [0.1, 0.15) is 31.4 Å². The van der Waals surface area contributed by atoms with Crippen molar-refractivity contribution in [2.45, 2.75) is 31.4 Å². The molecule has 1 aliphatic heterocycles. The van der Waals surface area contributed by atoms with Crippen molar-refractivity contribution in [2.75, 3.05) is 26.9 Å². The van der Waals surface area contributed by atoms with E-state index < -0.39 is 17.2 Å². The summed E-state index contributed by atoms with van der Waals surface area (Å²) < 4.78 is 38.5. The van der Waals surface area contributed by atoms with Crippen LogP contribution in [0.2, 0.25) is 0 Å². The number of ether oxygens (including phenoxy) is 2. The molecular formula is C15H21F2NO2. The van der Waals surface area contributed by atoms with Crippen LogP contribution in [0.4, 0.5) is 8.78 Å². The van der Waals surface area contributed by atoms with Crippen LogP contribution in [0, 0.1) is 11.6 Å². The molecule has 1 fully saturated rings. The van der Waals surface area contributed by atoms with Gasteiger partial charge in [0.2, 0.25) is 0 Å². The van der Waals surface area contributed by atoms with E-state index in [1.165, 1.54) is 12.1 Å². The van der Waals surface area contributed by atoms with Gasteiger partial charge in [-0.25, -0.2) is 8.78 Å². The Morgan fingerprint density at radius 2 is 2.05 bits per heavy atom. The monoisotopic (exact) mass is 285 g/mol. The molecule has 1 heterocycles. The molecule has 1 saturated heterocycles. The number of rotatable bonds is 5. The predicted molar refractivity (Wildman–Crippen MR) is 72.6 cm³/mol. The topological polar surface area (TPSA) is 30.5 Å². The third-order valence-electron chi connectivity index (χ3n) is 3.86. The van der Waals surface area contributed by atoms with Gasteiger partial charge in [-0.15, -0.1) is 0 Å². The van der Waals surface area contributed by atoms with Crippen LogP contribution in [0.15, 0.2) is 18.2 Å². The highest BCUT2D eigenvalue weighted by Gasteiger charge is 2.42. The minimum Gasteiger partial charge on any atom is -0.381 e. The zero-order valence-corrected chi connectivity index (χ0v) is 11.9. The van der Waals surface area contributed by atoms with Gasteiger partial charge < -0.3 is 14.8 Å². The molecule has 0 aromatic heterocycles. The highest BCUT2D eigenvalue weighted by Crippen LogP contribution is 2.38. The maximum absolute atomic E-state index is 14.1. The van der Waals surface area contributed by atoms with Crippen LogP contribution in [0.25, 0.3) is 0 Å². The Morgan fingerprint density at radius 1 is 1.35 bits per heavy atom. The first-order chi connectivity index (χ1) is 9.63. The third-order valence-corrected chi connectivity index (χ3v) is 3.86. The summed E-state index contributed by atoms with van der Waals surface area (Å²) in [5, 5.41) is 3.13. The van der Waals surface area contributed by atoms with Gasteiger partial charge in [0.15, 0.2) is 0 Å². The van der Waals surface area contributed by atoms with Gasteiger partial charge >= 0.3 is 0 Å². The fraction of sp³-hybridized carbons (Fsp3) is 0.600. The summed E-state index contributed by atoms with van der Waals surface area (Å²) in [4.78, 5) is 0. The van der Waals surface area contributed by atoms with E-state index in [9.17, 15) is 8.78 Å².